The fourth-order valence-electron chi connectivity index (χ4n) is 3.99. The van der Waals surface area contributed by atoms with Crippen LogP contribution < -0.4 is 5.32 Å². The third kappa shape index (κ3) is 5.65. The number of aryl methyl sites for hydroxylation is 2. The van der Waals surface area contributed by atoms with E-state index in [0.29, 0.717) is 5.16 Å². The van der Waals surface area contributed by atoms with Crippen molar-refractivity contribution in [3.63, 3.8) is 0 Å². The minimum Gasteiger partial charge on any atom is -0.325 e. The van der Waals surface area contributed by atoms with Crippen molar-refractivity contribution in [1.29, 1.82) is 0 Å². The number of nitrogens with one attached hydrogen (secondary N) is 1. The second-order valence-corrected chi connectivity index (χ2v) is 10.5. The quantitative estimate of drug-likeness (QED) is 0.292. The van der Waals surface area contributed by atoms with Crippen molar-refractivity contribution < 1.29 is 4.79 Å². The van der Waals surface area contributed by atoms with Crippen molar-refractivity contribution in [2.75, 3.05) is 11.1 Å². The number of nitrogens with zero attached hydrogens (tertiary/aromatic N) is 3. The number of thioether (sulfide) groups is 1. The van der Waals surface area contributed by atoms with Crippen molar-refractivity contribution in [3.8, 4) is 17.1 Å². The van der Waals surface area contributed by atoms with E-state index in [1.165, 1.54) is 17.3 Å². The highest BCUT2D eigenvalue weighted by Crippen LogP contribution is 2.30. The van der Waals surface area contributed by atoms with Gasteiger partial charge in [-0.3, -0.25) is 9.36 Å². The van der Waals surface area contributed by atoms with Crippen molar-refractivity contribution >= 4 is 23.4 Å². The lowest BCUT2D eigenvalue weighted by atomic mass is 9.87. The maximum absolute atomic E-state index is 12.9. The van der Waals surface area contributed by atoms with E-state index in [1.54, 1.807) is 0 Å². The predicted octanol–water partition coefficient (Wildman–Crippen LogP) is 6.83. The first kappa shape index (κ1) is 24.7. The average molecular weight is 485 g/mol. The minimum atomic E-state index is -0.0577. The molecule has 180 valence electrons. The molecular formula is C29H32N4OS. The second kappa shape index (κ2) is 10.5. The lowest BCUT2D eigenvalue weighted by Gasteiger charge is -2.19. The van der Waals surface area contributed by atoms with Gasteiger partial charge in [0, 0.05) is 16.9 Å². The van der Waals surface area contributed by atoms with Gasteiger partial charge >= 0.3 is 0 Å². The molecule has 1 aromatic heterocycles. The molecule has 0 unspecified atom stereocenters. The molecule has 1 N–H and O–H groups in total. The first-order valence-electron chi connectivity index (χ1n) is 11.9. The summed E-state index contributed by atoms with van der Waals surface area (Å²) in [5.74, 6) is 0.940. The van der Waals surface area contributed by atoms with Gasteiger partial charge in [0.15, 0.2) is 11.0 Å². The van der Waals surface area contributed by atoms with Crippen LogP contribution in [0.25, 0.3) is 17.1 Å². The molecule has 0 fully saturated rings. The summed E-state index contributed by atoms with van der Waals surface area (Å²) in [4.78, 5) is 12.9. The topological polar surface area (TPSA) is 59.8 Å². The fourth-order valence-corrected chi connectivity index (χ4v) is 4.74. The zero-order chi connectivity index (χ0) is 25.0. The summed E-state index contributed by atoms with van der Waals surface area (Å²) >= 11 is 1.39. The molecule has 0 aliphatic carbocycles. The number of rotatable bonds is 7. The molecule has 1 heterocycles. The molecule has 3 aromatic carbocycles. The largest absolute Gasteiger partial charge is 0.325 e. The molecule has 35 heavy (non-hydrogen) atoms. The van der Waals surface area contributed by atoms with Crippen LogP contribution in [0, 0.1) is 6.92 Å². The number of para-hydroxylation sites is 2. The molecule has 0 radical (unpaired) electrons. The maximum Gasteiger partial charge on any atom is 0.234 e. The van der Waals surface area contributed by atoms with E-state index in [9.17, 15) is 4.79 Å². The van der Waals surface area contributed by atoms with Crippen molar-refractivity contribution in [3.05, 3.63) is 89.5 Å². The third-order valence-electron chi connectivity index (χ3n) is 5.99. The summed E-state index contributed by atoms with van der Waals surface area (Å²) in [5.41, 5.74) is 6.40. The molecule has 4 rings (SSSR count). The van der Waals surface area contributed by atoms with Gasteiger partial charge in [-0.1, -0.05) is 100 Å². The van der Waals surface area contributed by atoms with E-state index in [-0.39, 0.29) is 17.1 Å². The van der Waals surface area contributed by atoms with Crippen LogP contribution in [-0.4, -0.2) is 26.4 Å². The highest BCUT2D eigenvalue weighted by Gasteiger charge is 2.19. The summed E-state index contributed by atoms with van der Waals surface area (Å²) < 4.78 is 2.02. The van der Waals surface area contributed by atoms with Crippen molar-refractivity contribution in [2.24, 2.45) is 0 Å². The number of hydrogen-bond acceptors (Lipinski definition) is 4. The summed E-state index contributed by atoms with van der Waals surface area (Å²) in [6.07, 6.45) is 0.865. The van der Waals surface area contributed by atoms with E-state index < -0.39 is 0 Å². The Hall–Kier alpha value is -3.38. The van der Waals surface area contributed by atoms with Crippen LogP contribution in [0.15, 0.2) is 78.0 Å². The Morgan fingerprint density at radius 3 is 2.31 bits per heavy atom. The number of carbonyl (C=O) groups excluding carboxylic acids is 1. The average Bonchev–Trinajstić information content (AvgIpc) is 3.28. The van der Waals surface area contributed by atoms with Crippen molar-refractivity contribution in [1.82, 2.24) is 14.8 Å². The molecule has 5 nitrogen and oxygen atoms in total. The van der Waals surface area contributed by atoms with Crippen LogP contribution in [0.5, 0.6) is 0 Å². The lowest BCUT2D eigenvalue weighted by molar-refractivity contribution is -0.113. The Bertz CT molecular complexity index is 1310. The van der Waals surface area contributed by atoms with Crippen LogP contribution >= 0.6 is 11.8 Å². The van der Waals surface area contributed by atoms with E-state index in [2.05, 4.69) is 73.5 Å². The molecule has 0 bridgehead atoms. The monoisotopic (exact) mass is 484 g/mol. The van der Waals surface area contributed by atoms with Gasteiger partial charge in [-0.2, -0.15) is 0 Å². The number of anilines is 1. The zero-order valence-electron chi connectivity index (χ0n) is 21.0. The van der Waals surface area contributed by atoms with Crippen LogP contribution in [0.1, 0.15) is 44.4 Å². The SMILES string of the molecule is CCc1cccc(C)c1NC(=O)CSc1nnc(-c2ccc(C(C)(C)C)cc2)n1-c1ccccc1. The summed E-state index contributed by atoms with van der Waals surface area (Å²) in [5, 5.41) is 12.8. The highest BCUT2D eigenvalue weighted by molar-refractivity contribution is 7.99. The van der Waals surface area contributed by atoms with Crippen LogP contribution in [0.2, 0.25) is 0 Å². The molecule has 0 aliphatic rings. The first-order valence-corrected chi connectivity index (χ1v) is 12.9. The molecular weight excluding hydrogens is 452 g/mol. The molecule has 6 heteroatoms. The van der Waals surface area contributed by atoms with E-state index in [1.807, 2.05) is 54.0 Å². The van der Waals surface area contributed by atoms with Gasteiger partial charge < -0.3 is 5.32 Å². The van der Waals surface area contributed by atoms with Gasteiger partial charge in [0.1, 0.15) is 0 Å². The fraction of sp³-hybridized carbons (Fsp3) is 0.276. The third-order valence-corrected chi connectivity index (χ3v) is 6.92. The van der Waals surface area contributed by atoms with Crippen LogP contribution in [0.3, 0.4) is 0 Å². The summed E-state index contributed by atoms with van der Waals surface area (Å²) in [7, 11) is 0. The Kier molecular flexibility index (Phi) is 7.41. The van der Waals surface area contributed by atoms with E-state index in [4.69, 9.17) is 0 Å². The van der Waals surface area contributed by atoms with Gasteiger partial charge in [0.2, 0.25) is 5.91 Å². The smallest absolute Gasteiger partial charge is 0.234 e. The summed E-state index contributed by atoms with van der Waals surface area (Å²) in [6.45, 7) is 10.7. The summed E-state index contributed by atoms with van der Waals surface area (Å²) in [6, 6.07) is 24.6. The molecule has 0 saturated heterocycles. The standard InChI is InChI=1S/C29H32N4OS/c1-6-21-12-10-11-20(2)26(21)30-25(34)19-35-28-32-31-27(33(28)24-13-8-7-9-14-24)22-15-17-23(18-16-22)29(3,4)5/h7-18H,6,19H2,1-5H3,(H,30,34). The first-order chi connectivity index (χ1) is 16.8. The predicted molar refractivity (Wildman–Crippen MR) is 145 cm³/mol. The van der Waals surface area contributed by atoms with Gasteiger partial charge in [-0.15, -0.1) is 10.2 Å². The normalized spacial score (nSPS) is 11.5. The highest BCUT2D eigenvalue weighted by atomic mass is 32.2. The Labute approximate surface area is 212 Å². The Morgan fingerprint density at radius 2 is 1.66 bits per heavy atom. The minimum absolute atomic E-state index is 0.0577. The van der Waals surface area contributed by atoms with E-state index in [0.717, 1.165) is 40.3 Å². The zero-order valence-corrected chi connectivity index (χ0v) is 21.8. The van der Waals surface area contributed by atoms with E-state index >= 15 is 0 Å². The number of benzene rings is 3. The van der Waals surface area contributed by atoms with Crippen LogP contribution in [0.4, 0.5) is 5.69 Å². The second-order valence-electron chi connectivity index (χ2n) is 9.60. The van der Waals surface area contributed by atoms with Crippen LogP contribution in [-0.2, 0) is 16.6 Å². The molecule has 4 aromatic rings. The van der Waals surface area contributed by atoms with Gasteiger partial charge in [0.05, 0.1) is 5.75 Å². The van der Waals surface area contributed by atoms with Gasteiger partial charge in [-0.25, -0.2) is 0 Å². The molecule has 1 amide bonds. The number of hydrogen-bond donors (Lipinski definition) is 1. The Morgan fingerprint density at radius 1 is 0.943 bits per heavy atom. The lowest BCUT2D eigenvalue weighted by Crippen LogP contribution is -2.16. The van der Waals surface area contributed by atoms with Gasteiger partial charge in [0.25, 0.3) is 0 Å². The maximum atomic E-state index is 12.9. The number of aromatic nitrogens is 3. The van der Waals surface area contributed by atoms with Gasteiger partial charge in [-0.05, 0) is 47.6 Å². The molecule has 0 aliphatic heterocycles. The number of amides is 1. The van der Waals surface area contributed by atoms with Crippen molar-refractivity contribution in [2.45, 2.75) is 51.6 Å². The molecule has 0 atom stereocenters. The Balaban J connectivity index is 1.60. The molecule has 0 saturated carbocycles. The molecule has 0 spiro atoms. The number of carbonyl (C=O) groups is 1.